The average Bonchev–Trinajstić information content (AvgIpc) is 3.18. The molecule has 4 nitrogen and oxygen atoms in total. The largest absolute Gasteiger partial charge is 0.317 e. The SMILES string of the molecule is CNC(CCc1cnnn1-c1ccccc1)C1CC1. The number of hydrogen-bond acceptors (Lipinski definition) is 3. The zero-order valence-electron chi connectivity index (χ0n) is 11.3. The summed E-state index contributed by atoms with van der Waals surface area (Å²) >= 11 is 0. The standard InChI is InChI=1S/C15H20N4/c1-16-15(12-7-8-12)10-9-14-11-17-18-19(14)13-5-3-2-4-6-13/h2-6,11-12,15-16H,7-10H2,1H3. The van der Waals surface area contributed by atoms with Crippen LogP contribution in [0, 0.1) is 5.92 Å². The molecule has 0 bridgehead atoms. The highest BCUT2D eigenvalue weighted by molar-refractivity contribution is 5.31. The van der Waals surface area contributed by atoms with Gasteiger partial charge in [0.05, 0.1) is 17.6 Å². The summed E-state index contributed by atoms with van der Waals surface area (Å²) in [4.78, 5) is 0. The van der Waals surface area contributed by atoms with Crippen LogP contribution in [0.4, 0.5) is 0 Å². The van der Waals surface area contributed by atoms with E-state index in [0.717, 1.165) is 24.4 Å². The summed E-state index contributed by atoms with van der Waals surface area (Å²) in [5.74, 6) is 0.881. The highest BCUT2D eigenvalue weighted by Gasteiger charge is 2.29. The van der Waals surface area contributed by atoms with Gasteiger partial charge in [-0.25, -0.2) is 4.68 Å². The smallest absolute Gasteiger partial charge is 0.0729 e. The Morgan fingerprint density at radius 2 is 2.11 bits per heavy atom. The van der Waals surface area contributed by atoms with E-state index in [-0.39, 0.29) is 0 Å². The van der Waals surface area contributed by atoms with Crippen LogP contribution >= 0.6 is 0 Å². The number of para-hydroxylation sites is 1. The molecule has 1 aromatic heterocycles. The van der Waals surface area contributed by atoms with Gasteiger partial charge in [0.25, 0.3) is 0 Å². The molecule has 0 radical (unpaired) electrons. The highest BCUT2D eigenvalue weighted by atomic mass is 15.4. The molecule has 3 rings (SSSR count). The number of aryl methyl sites for hydroxylation is 1. The summed E-state index contributed by atoms with van der Waals surface area (Å²) < 4.78 is 1.94. The van der Waals surface area contributed by atoms with Gasteiger partial charge in [0, 0.05) is 6.04 Å². The number of rotatable bonds is 6. The molecule has 0 spiro atoms. The van der Waals surface area contributed by atoms with Gasteiger partial charge in [-0.3, -0.25) is 0 Å². The van der Waals surface area contributed by atoms with Crippen molar-refractivity contribution < 1.29 is 0 Å². The number of nitrogens with one attached hydrogen (secondary N) is 1. The van der Waals surface area contributed by atoms with Crippen molar-refractivity contribution in [3.63, 3.8) is 0 Å². The van der Waals surface area contributed by atoms with Crippen LogP contribution in [-0.4, -0.2) is 28.1 Å². The fraction of sp³-hybridized carbons (Fsp3) is 0.467. The minimum absolute atomic E-state index is 0.638. The molecular weight excluding hydrogens is 236 g/mol. The molecular formula is C15H20N4. The Hall–Kier alpha value is -1.68. The molecule has 2 aromatic rings. The molecule has 0 aliphatic heterocycles. The van der Waals surface area contributed by atoms with Crippen molar-refractivity contribution in [3.8, 4) is 5.69 Å². The lowest BCUT2D eigenvalue weighted by atomic mass is 10.1. The second kappa shape index (κ2) is 5.53. The molecule has 1 unspecified atom stereocenters. The maximum Gasteiger partial charge on any atom is 0.0729 e. The van der Waals surface area contributed by atoms with E-state index in [1.165, 1.54) is 18.5 Å². The molecule has 19 heavy (non-hydrogen) atoms. The molecule has 1 atom stereocenters. The van der Waals surface area contributed by atoms with Gasteiger partial charge in [-0.05, 0) is 50.8 Å². The molecule has 0 saturated heterocycles. The number of nitrogens with zero attached hydrogens (tertiary/aromatic N) is 3. The maximum absolute atomic E-state index is 4.20. The molecule has 1 saturated carbocycles. The lowest BCUT2D eigenvalue weighted by Crippen LogP contribution is -2.28. The predicted molar refractivity (Wildman–Crippen MR) is 75.3 cm³/mol. The third-order valence-electron chi connectivity index (χ3n) is 3.89. The Bertz CT molecular complexity index is 516. The Morgan fingerprint density at radius 1 is 1.32 bits per heavy atom. The van der Waals surface area contributed by atoms with Crippen LogP contribution in [0.1, 0.15) is 25.0 Å². The van der Waals surface area contributed by atoms with Crippen LogP contribution < -0.4 is 5.32 Å². The topological polar surface area (TPSA) is 42.7 Å². The molecule has 1 fully saturated rings. The number of hydrogen-bond donors (Lipinski definition) is 1. The van der Waals surface area contributed by atoms with Crippen molar-refractivity contribution in [2.45, 2.75) is 31.7 Å². The van der Waals surface area contributed by atoms with E-state index < -0.39 is 0 Å². The Morgan fingerprint density at radius 3 is 2.79 bits per heavy atom. The Labute approximate surface area is 113 Å². The summed E-state index contributed by atoms with van der Waals surface area (Å²) in [6, 6.07) is 10.8. The maximum atomic E-state index is 4.20. The minimum atomic E-state index is 0.638. The normalized spacial score (nSPS) is 16.5. The van der Waals surface area contributed by atoms with Crippen molar-refractivity contribution in [3.05, 3.63) is 42.2 Å². The van der Waals surface area contributed by atoms with E-state index in [0.29, 0.717) is 6.04 Å². The van der Waals surface area contributed by atoms with Gasteiger partial charge in [0.15, 0.2) is 0 Å². The summed E-state index contributed by atoms with van der Waals surface area (Å²) in [7, 11) is 2.07. The van der Waals surface area contributed by atoms with Crippen LogP contribution in [0.2, 0.25) is 0 Å². The fourth-order valence-electron chi connectivity index (χ4n) is 2.63. The lowest BCUT2D eigenvalue weighted by molar-refractivity contribution is 0.466. The van der Waals surface area contributed by atoms with Crippen molar-refractivity contribution in [1.82, 2.24) is 20.3 Å². The first kappa shape index (κ1) is 12.4. The molecule has 4 heteroatoms. The zero-order chi connectivity index (χ0) is 13.1. The fourth-order valence-corrected chi connectivity index (χ4v) is 2.63. The second-order valence-corrected chi connectivity index (χ2v) is 5.24. The van der Waals surface area contributed by atoms with Crippen LogP contribution in [-0.2, 0) is 6.42 Å². The Kier molecular flexibility index (Phi) is 3.60. The first-order valence-electron chi connectivity index (χ1n) is 7.01. The van der Waals surface area contributed by atoms with Gasteiger partial charge in [0.2, 0.25) is 0 Å². The lowest BCUT2D eigenvalue weighted by Gasteiger charge is -2.15. The van der Waals surface area contributed by atoms with Gasteiger partial charge in [-0.2, -0.15) is 0 Å². The third-order valence-corrected chi connectivity index (χ3v) is 3.89. The predicted octanol–water partition coefficient (Wildman–Crippen LogP) is 2.20. The zero-order valence-corrected chi connectivity index (χ0v) is 11.3. The molecule has 1 aliphatic rings. The van der Waals surface area contributed by atoms with E-state index in [9.17, 15) is 0 Å². The summed E-state index contributed by atoms with van der Waals surface area (Å²) in [6.45, 7) is 0. The molecule has 1 aliphatic carbocycles. The number of aromatic nitrogens is 3. The van der Waals surface area contributed by atoms with Crippen LogP contribution in [0.25, 0.3) is 5.69 Å². The second-order valence-electron chi connectivity index (χ2n) is 5.24. The van der Waals surface area contributed by atoms with Gasteiger partial charge in [-0.1, -0.05) is 23.4 Å². The third kappa shape index (κ3) is 2.84. The van der Waals surface area contributed by atoms with Gasteiger partial charge in [0.1, 0.15) is 0 Å². The van der Waals surface area contributed by atoms with Gasteiger partial charge >= 0.3 is 0 Å². The van der Waals surface area contributed by atoms with Crippen molar-refractivity contribution in [2.24, 2.45) is 5.92 Å². The molecule has 1 heterocycles. The van der Waals surface area contributed by atoms with Crippen LogP contribution in [0.5, 0.6) is 0 Å². The van der Waals surface area contributed by atoms with E-state index in [4.69, 9.17) is 0 Å². The summed E-state index contributed by atoms with van der Waals surface area (Å²) in [5, 5.41) is 11.7. The monoisotopic (exact) mass is 256 g/mol. The van der Waals surface area contributed by atoms with E-state index in [2.05, 4.69) is 34.8 Å². The first-order valence-corrected chi connectivity index (χ1v) is 7.01. The molecule has 1 N–H and O–H groups in total. The van der Waals surface area contributed by atoms with E-state index in [1.807, 2.05) is 29.1 Å². The number of benzene rings is 1. The van der Waals surface area contributed by atoms with Gasteiger partial charge in [-0.15, -0.1) is 5.10 Å². The van der Waals surface area contributed by atoms with Crippen molar-refractivity contribution in [2.75, 3.05) is 7.05 Å². The Balaban J connectivity index is 1.70. The van der Waals surface area contributed by atoms with Crippen molar-refractivity contribution >= 4 is 0 Å². The summed E-state index contributed by atoms with van der Waals surface area (Å²) in [5.41, 5.74) is 2.27. The molecule has 0 amide bonds. The minimum Gasteiger partial charge on any atom is -0.317 e. The first-order chi connectivity index (χ1) is 9.38. The van der Waals surface area contributed by atoms with Gasteiger partial charge < -0.3 is 5.32 Å². The van der Waals surface area contributed by atoms with Crippen LogP contribution in [0.3, 0.4) is 0 Å². The molecule has 1 aromatic carbocycles. The summed E-state index contributed by atoms with van der Waals surface area (Å²) in [6.07, 6.45) is 6.81. The van der Waals surface area contributed by atoms with E-state index in [1.54, 1.807) is 0 Å². The van der Waals surface area contributed by atoms with Crippen molar-refractivity contribution in [1.29, 1.82) is 0 Å². The average molecular weight is 256 g/mol. The quantitative estimate of drug-likeness (QED) is 0.861. The molecule has 100 valence electrons. The van der Waals surface area contributed by atoms with E-state index >= 15 is 0 Å². The van der Waals surface area contributed by atoms with Crippen LogP contribution in [0.15, 0.2) is 36.5 Å². The highest BCUT2D eigenvalue weighted by Crippen LogP contribution is 2.34.